The van der Waals surface area contributed by atoms with E-state index in [1.54, 1.807) is 6.92 Å². The Hall–Kier alpha value is -3.41. The standard InChI is InChI=1S/C20H17NO5/c1-3-26-18(13-7-5-4-6-8-13)17-15-10-9-14(20(24)25)11-16(15)21(12(2)22)19(17)23/h4-11H,3H2,1-2H3,(H,24,25)/b18-17-. The van der Waals surface area contributed by atoms with Gasteiger partial charge >= 0.3 is 5.97 Å². The number of amides is 2. The van der Waals surface area contributed by atoms with E-state index in [0.717, 1.165) is 4.90 Å². The maximum atomic E-state index is 13.0. The second kappa shape index (κ2) is 6.84. The lowest BCUT2D eigenvalue weighted by atomic mass is 10.0. The van der Waals surface area contributed by atoms with Gasteiger partial charge in [0.25, 0.3) is 5.91 Å². The fourth-order valence-corrected chi connectivity index (χ4v) is 2.96. The number of imide groups is 1. The molecule has 1 aliphatic rings. The van der Waals surface area contributed by atoms with E-state index >= 15 is 0 Å². The molecule has 2 amide bonds. The molecular weight excluding hydrogens is 334 g/mol. The molecule has 0 radical (unpaired) electrons. The molecule has 0 bridgehead atoms. The molecule has 3 rings (SSSR count). The summed E-state index contributed by atoms with van der Waals surface area (Å²) in [5.74, 6) is -1.78. The summed E-state index contributed by atoms with van der Waals surface area (Å²) in [7, 11) is 0. The number of fused-ring (bicyclic) bond motifs is 1. The maximum Gasteiger partial charge on any atom is 0.335 e. The second-order valence-electron chi connectivity index (χ2n) is 5.70. The number of anilines is 1. The summed E-state index contributed by atoms with van der Waals surface area (Å²) < 4.78 is 5.75. The van der Waals surface area contributed by atoms with Gasteiger partial charge in [-0.05, 0) is 19.1 Å². The van der Waals surface area contributed by atoms with Crippen LogP contribution in [-0.2, 0) is 14.3 Å². The smallest absolute Gasteiger partial charge is 0.335 e. The first-order valence-corrected chi connectivity index (χ1v) is 8.11. The van der Waals surface area contributed by atoms with Gasteiger partial charge in [0, 0.05) is 18.1 Å². The normalized spacial score (nSPS) is 14.8. The average Bonchev–Trinajstić information content (AvgIpc) is 2.91. The van der Waals surface area contributed by atoms with Crippen molar-refractivity contribution in [2.75, 3.05) is 11.5 Å². The largest absolute Gasteiger partial charge is 0.492 e. The molecule has 0 spiro atoms. The van der Waals surface area contributed by atoms with Crippen molar-refractivity contribution in [2.45, 2.75) is 13.8 Å². The molecule has 2 aromatic carbocycles. The molecule has 0 aromatic heterocycles. The van der Waals surface area contributed by atoms with E-state index in [9.17, 15) is 19.5 Å². The first-order chi connectivity index (χ1) is 12.5. The van der Waals surface area contributed by atoms with Crippen LogP contribution in [0, 0.1) is 0 Å². The Labute approximate surface area is 150 Å². The van der Waals surface area contributed by atoms with E-state index in [4.69, 9.17) is 4.74 Å². The number of carbonyl (C=O) groups is 3. The van der Waals surface area contributed by atoms with E-state index < -0.39 is 17.8 Å². The van der Waals surface area contributed by atoms with Gasteiger partial charge < -0.3 is 9.84 Å². The minimum absolute atomic E-state index is 0.00159. The molecule has 2 aromatic rings. The number of aromatic carboxylic acids is 1. The van der Waals surface area contributed by atoms with E-state index in [0.29, 0.717) is 23.5 Å². The van der Waals surface area contributed by atoms with Crippen LogP contribution in [0.25, 0.3) is 11.3 Å². The van der Waals surface area contributed by atoms with Crippen molar-refractivity contribution >= 4 is 34.8 Å². The highest BCUT2D eigenvalue weighted by molar-refractivity contribution is 6.43. The van der Waals surface area contributed by atoms with Crippen LogP contribution in [0.2, 0.25) is 0 Å². The van der Waals surface area contributed by atoms with Crippen molar-refractivity contribution < 1.29 is 24.2 Å². The Balaban J connectivity index is 2.30. The minimum atomic E-state index is -1.13. The van der Waals surface area contributed by atoms with E-state index in [-0.39, 0.29) is 16.8 Å². The molecule has 0 saturated heterocycles. The zero-order valence-corrected chi connectivity index (χ0v) is 14.4. The number of benzene rings is 2. The quantitative estimate of drug-likeness (QED) is 0.675. The van der Waals surface area contributed by atoms with Crippen molar-refractivity contribution in [3.8, 4) is 0 Å². The topological polar surface area (TPSA) is 83.9 Å². The summed E-state index contributed by atoms with van der Waals surface area (Å²) in [5.41, 5.74) is 1.69. The summed E-state index contributed by atoms with van der Waals surface area (Å²) >= 11 is 0. The lowest BCUT2D eigenvalue weighted by molar-refractivity contribution is -0.122. The second-order valence-corrected chi connectivity index (χ2v) is 5.70. The van der Waals surface area contributed by atoms with Gasteiger partial charge in [0.1, 0.15) is 5.76 Å². The number of nitrogens with zero attached hydrogens (tertiary/aromatic N) is 1. The van der Waals surface area contributed by atoms with Crippen LogP contribution in [0.5, 0.6) is 0 Å². The van der Waals surface area contributed by atoms with Gasteiger partial charge in [-0.3, -0.25) is 9.59 Å². The fraction of sp³-hybridized carbons (Fsp3) is 0.150. The van der Waals surface area contributed by atoms with Gasteiger partial charge in [0.05, 0.1) is 23.4 Å². The van der Waals surface area contributed by atoms with E-state index in [1.807, 2.05) is 30.3 Å². The molecule has 0 aliphatic carbocycles. The zero-order valence-electron chi connectivity index (χ0n) is 14.4. The number of ether oxygens (including phenoxy) is 1. The van der Waals surface area contributed by atoms with E-state index in [1.165, 1.54) is 25.1 Å². The van der Waals surface area contributed by atoms with Crippen LogP contribution in [0.15, 0.2) is 48.5 Å². The molecule has 0 unspecified atom stereocenters. The molecule has 6 nitrogen and oxygen atoms in total. The molecule has 26 heavy (non-hydrogen) atoms. The molecular formula is C20H17NO5. The van der Waals surface area contributed by atoms with Crippen LogP contribution in [-0.4, -0.2) is 29.5 Å². The SMILES string of the molecule is CCO/C(=C1\C(=O)N(C(C)=O)c2cc(C(=O)O)ccc21)c1ccccc1. The lowest BCUT2D eigenvalue weighted by Crippen LogP contribution is -2.31. The van der Waals surface area contributed by atoms with Crippen molar-refractivity contribution in [1.29, 1.82) is 0 Å². The number of hydrogen-bond acceptors (Lipinski definition) is 4. The molecule has 0 atom stereocenters. The summed E-state index contributed by atoms with van der Waals surface area (Å²) in [4.78, 5) is 37.3. The average molecular weight is 351 g/mol. The lowest BCUT2D eigenvalue weighted by Gasteiger charge is -2.13. The molecule has 0 fully saturated rings. The number of carboxylic acids is 1. The number of rotatable bonds is 4. The highest BCUT2D eigenvalue weighted by atomic mass is 16.5. The number of carboxylic acid groups (broad SMARTS) is 1. The third-order valence-corrected chi connectivity index (χ3v) is 4.04. The Morgan fingerprint density at radius 2 is 1.77 bits per heavy atom. The number of carbonyl (C=O) groups excluding carboxylic acids is 2. The maximum absolute atomic E-state index is 13.0. The molecule has 1 N–H and O–H groups in total. The summed E-state index contributed by atoms with van der Waals surface area (Å²) in [6.07, 6.45) is 0. The fourth-order valence-electron chi connectivity index (χ4n) is 2.96. The monoisotopic (exact) mass is 351 g/mol. The van der Waals surface area contributed by atoms with E-state index in [2.05, 4.69) is 0 Å². The number of hydrogen-bond donors (Lipinski definition) is 1. The zero-order chi connectivity index (χ0) is 18.8. The van der Waals surface area contributed by atoms with Gasteiger partial charge in [-0.1, -0.05) is 36.4 Å². The van der Waals surface area contributed by atoms with Crippen LogP contribution >= 0.6 is 0 Å². The Kier molecular flexibility index (Phi) is 4.58. The van der Waals surface area contributed by atoms with Crippen molar-refractivity contribution in [2.24, 2.45) is 0 Å². The molecule has 1 aliphatic heterocycles. The van der Waals surface area contributed by atoms with Crippen molar-refractivity contribution in [1.82, 2.24) is 0 Å². The van der Waals surface area contributed by atoms with Crippen molar-refractivity contribution in [3.05, 3.63) is 65.2 Å². The third kappa shape index (κ3) is 2.86. The van der Waals surface area contributed by atoms with Gasteiger partial charge in [-0.25, -0.2) is 9.69 Å². The van der Waals surface area contributed by atoms with Gasteiger partial charge in [0.15, 0.2) is 0 Å². The highest BCUT2D eigenvalue weighted by Gasteiger charge is 2.38. The first-order valence-electron chi connectivity index (χ1n) is 8.11. The Bertz CT molecular complexity index is 930. The van der Waals surface area contributed by atoms with Gasteiger partial charge in [0.2, 0.25) is 5.91 Å². The summed E-state index contributed by atoms with van der Waals surface area (Å²) in [5, 5.41) is 9.22. The van der Waals surface area contributed by atoms with Crippen LogP contribution < -0.4 is 4.90 Å². The van der Waals surface area contributed by atoms with Crippen LogP contribution in [0.1, 0.15) is 35.3 Å². The third-order valence-electron chi connectivity index (χ3n) is 4.04. The molecule has 6 heteroatoms. The van der Waals surface area contributed by atoms with Gasteiger partial charge in [-0.15, -0.1) is 0 Å². The first kappa shape index (κ1) is 17.4. The molecule has 1 heterocycles. The van der Waals surface area contributed by atoms with Gasteiger partial charge in [-0.2, -0.15) is 0 Å². The predicted molar refractivity (Wildman–Crippen MR) is 96.5 cm³/mol. The summed E-state index contributed by atoms with van der Waals surface area (Å²) in [6.45, 7) is 3.41. The Morgan fingerprint density at radius 3 is 2.35 bits per heavy atom. The minimum Gasteiger partial charge on any atom is -0.492 e. The highest BCUT2D eigenvalue weighted by Crippen LogP contribution is 2.41. The van der Waals surface area contributed by atoms with Crippen LogP contribution in [0.4, 0.5) is 5.69 Å². The van der Waals surface area contributed by atoms with Crippen molar-refractivity contribution in [3.63, 3.8) is 0 Å². The molecule has 132 valence electrons. The summed E-state index contributed by atoms with van der Waals surface area (Å²) in [6, 6.07) is 13.4. The Morgan fingerprint density at radius 1 is 1.08 bits per heavy atom. The van der Waals surface area contributed by atoms with Crippen LogP contribution in [0.3, 0.4) is 0 Å². The molecule has 0 saturated carbocycles. The predicted octanol–water partition coefficient (Wildman–Crippen LogP) is 3.18.